The van der Waals surface area contributed by atoms with Crippen molar-refractivity contribution in [2.45, 2.75) is 33.4 Å². The molecule has 0 fully saturated rings. The van der Waals surface area contributed by atoms with Gasteiger partial charge in [0.15, 0.2) is 0 Å². The van der Waals surface area contributed by atoms with Crippen molar-refractivity contribution in [2.75, 3.05) is 7.05 Å². The van der Waals surface area contributed by atoms with Gasteiger partial charge >= 0.3 is 0 Å². The maximum absolute atomic E-state index is 9.17. The zero-order valence-corrected chi connectivity index (χ0v) is 10.1. The molecule has 1 aromatic carbocycles. The molecule has 0 radical (unpaired) electrons. The topological polar surface area (TPSA) is 23.5 Å². The van der Waals surface area contributed by atoms with E-state index in [1.165, 1.54) is 5.56 Å². The van der Waals surface area contributed by atoms with Crippen LogP contribution in [0.1, 0.15) is 26.3 Å². The number of benzene rings is 1. The van der Waals surface area contributed by atoms with Crippen molar-refractivity contribution >= 4 is 0 Å². The SMILES string of the molecule is CC(C)C(C)N(C)Cc1ccc(O)cc1. The Bertz CT molecular complexity index is 292. The zero-order chi connectivity index (χ0) is 11.4. The number of rotatable bonds is 4. The summed E-state index contributed by atoms with van der Waals surface area (Å²) in [4.78, 5) is 2.33. The average Bonchev–Trinajstić information content (AvgIpc) is 2.20. The predicted octanol–water partition coefficient (Wildman–Crippen LogP) is 2.87. The second-order valence-corrected chi connectivity index (χ2v) is 4.57. The smallest absolute Gasteiger partial charge is 0.115 e. The molecule has 0 aromatic heterocycles. The molecule has 0 heterocycles. The molecule has 2 nitrogen and oxygen atoms in total. The third kappa shape index (κ3) is 3.56. The summed E-state index contributed by atoms with van der Waals surface area (Å²) in [5, 5.41) is 9.17. The molecule has 84 valence electrons. The van der Waals surface area contributed by atoms with Gasteiger partial charge < -0.3 is 5.11 Å². The van der Waals surface area contributed by atoms with Crippen LogP contribution >= 0.6 is 0 Å². The van der Waals surface area contributed by atoms with Gasteiger partial charge in [-0.3, -0.25) is 4.90 Å². The van der Waals surface area contributed by atoms with Crippen LogP contribution in [0.5, 0.6) is 5.75 Å². The fraction of sp³-hybridized carbons (Fsp3) is 0.538. The molecule has 1 unspecified atom stereocenters. The van der Waals surface area contributed by atoms with Gasteiger partial charge in [0.25, 0.3) is 0 Å². The van der Waals surface area contributed by atoms with E-state index < -0.39 is 0 Å². The van der Waals surface area contributed by atoms with Crippen molar-refractivity contribution in [2.24, 2.45) is 5.92 Å². The van der Waals surface area contributed by atoms with Crippen LogP contribution in [0.4, 0.5) is 0 Å². The van der Waals surface area contributed by atoms with E-state index in [9.17, 15) is 5.11 Å². The molecule has 1 rings (SSSR count). The summed E-state index contributed by atoms with van der Waals surface area (Å²) in [7, 11) is 2.14. The Balaban J connectivity index is 2.58. The van der Waals surface area contributed by atoms with Gasteiger partial charge in [0.05, 0.1) is 0 Å². The van der Waals surface area contributed by atoms with Crippen molar-refractivity contribution in [3.63, 3.8) is 0 Å². The Morgan fingerprint density at radius 1 is 1.13 bits per heavy atom. The van der Waals surface area contributed by atoms with Gasteiger partial charge in [-0.05, 0) is 37.6 Å². The van der Waals surface area contributed by atoms with Crippen LogP contribution in [-0.2, 0) is 6.54 Å². The highest BCUT2D eigenvalue weighted by atomic mass is 16.3. The Morgan fingerprint density at radius 3 is 2.13 bits per heavy atom. The molecule has 0 aliphatic carbocycles. The van der Waals surface area contributed by atoms with Crippen molar-refractivity contribution in [1.29, 1.82) is 0 Å². The lowest BCUT2D eigenvalue weighted by atomic mass is 10.0. The van der Waals surface area contributed by atoms with E-state index >= 15 is 0 Å². The molecule has 1 N–H and O–H groups in total. The van der Waals surface area contributed by atoms with E-state index in [1.807, 2.05) is 12.1 Å². The van der Waals surface area contributed by atoms with Gasteiger partial charge in [0, 0.05) is 12.6 Å². The number of hydrogen-bond donors (Lipinski definition) is 1. The minimum atomic E-state index is 0.332. The second kappa shape index (κ2) is 5.17. The van der Waals surface area contributed by atoms with E-state index in [4.69, 9.17) is 0 Å². The van der Waals surface area contributed by atoms with Crippen LogP contribution < -0.4 is 0 Å². The zero-order valence-electron chi connectivity index (χ0n) is 10.1. The number of phenols is 1. The minimum absolute atomic E-state index is 0.332. The average molecular weight is 207 g/mol. The van der Waals surface area contributed by atoms with Crippen LogP contribution in [0.15, 0.2) is 24.3 Å². The summed E-state index contributed by atoms with van der Waals surface area (Å²) in [5.74, 6) is 0.991. The lowest BCUT2D eigenvalue weighted by Gasteiger charge is -2.27. The lowest BCUT2D eigenvalue weighted by Crippen LogP contribution is -2.32. The van der Waals surface area contributed by atoms with Gasteiger partial charge in [-0.25, -0.2) is 0 Å². The van der Waals surface area contributed by atoms with Crippen molar-refractivity contribution < 1.29 is 5.11 Å². The maximum Gasteiger partial charge on any atom is 0.115 e. The molecule has 1 aromatic rings. The van der Waals surface area contributed by atoms with Crippen molar-refractivity contribution in [1.82, 2.24) is 4.90 Å². The Hall–Kier alpha value is -1.02. The number of aromatic hydroxyl groups is 1. The largest absolute Gasteiger partial charge is 0.508 e. The molecule has 0 saturated carbocycles. The summed E-state index contributed by atoms with van der Waals surface area (Å²) in [6.07, 6.45) is 0. The van der Waals surface area contributed by atoms with Gasteiger partial charge in [0.2, 0.25) is 0 Å². The highest BCUT2D eigenvalue weighted by molar-refractivity contribution is 5.25. The quantitative estimate of drug-likeness (QED) is 0.820. The number of phenolic OH excluding ortho intramolecular Hbond substituents is 1. The van der Waals surface area contributed by atoms with Gasteiger partial charge in [-0.1, -0.05) is 26.0 Å². The number of hydrogen-bond acceptors (Lipinski definition) is 2. The van der Waals surface area contributed by atoms with Gasteiger partial charge in [-0.2, -0.15) is 0 Å². The van der Waals surface area contributed by atoms with E-state index in [0.29, 0.717) is 17.7 Å². The first-order valence-electron chi connectivity index (χ1n) is 5.49. The van der Waals surface area contributed by atoms with Gasteiger partial charge in [0.1, 0.15) is 5.75 Å². The van der Waals surface area contributed by atoms with Crippen molar-refractivity contribution in [3.8, 4) is 5.75 Å². The summed E-state index contributed by atoms with van der Waals surface area (Å²) in [6.45, 7) is 7.64. The lowest BCUT2D eigenvalue weighted by molar-refractivity contribution is 0.200. The molecule has 2 heteroatoms. The molecule has 15 heavy (non-hydrogen) atoms. The Kier molecular flexibility index (Phi) is 4.15. The van der Waals surface area contributed by atoms with E-state index in [-0.39, 0.29) is 0 Å². The molecule has 0 spiro atoms. The summed E-state index contributed by atoms with van der Waals surface area (Å²) >= 11 is 0. The summed E-state index contributed by atoms with van der Waals surface area (Å²) in [6, 6.07) is 7.99. The summed E-state index contributed by atoms with van der Waals surface area (Å²) < 4.78 is 0. The Labute approximate surface area is 92.5 Å². The van der Waals surface area contributed by atoms with E-state index in [1.54, 1.807) is 12.1 Å². The molecule has 0 bridgehead atoms. The molecular formula is C13H21NO. The fourth-order valence-electron chi connectivity index (χ4n) is 1.54. The first-order chi connectivity index (χ1) is 7.00. The number of nitrogens with zero attached hydrogens (tertiary/aromatic N) is 1. The van der Waals surface area contributed by atoms with Crippen LogP contribution in [0, 0.1) is 5.92 Å². The van der Waals surface area contributed by atoms with Gasteiger partial charge in [-0.15, -0.1) is 0 Å². The van der Waals surface area contributed by atoms with E-state index in [0.717, 1.165) is 6.54 Å². The molecule has 0 saturated heterocycles. The normalized spacial score (nSPS) is 13.5. The van der Waals surface area contributed by atoms with Crippen molar-refractivity contribution in [3.05, 3.63) is 29.8 Å². The maximum atomic E-state index is 9.17. The highest BCUT2D eigenvalue weighted by Crippen LogP contribution is 2.14. The first kappa shape index (κ1) is 12.1. The fourth-order valence-corrected chi connectivity index (χ4v) is 1.54. The predicted molar refractivity (Wildman–Crippen MR) is 63.9 cm³/mol. The molecular weight excluding hydrogens is 186 g/mol. The van der Waals surface area contributed by atoms with Crippen LogP contribution in [0.3, 0.4) is 0 Å². The highest BCUT2D eigenvalue weighted by Gasteiger charge is 2.12. The monoisotopic (exact) mass is 207 g/mol. The van der Waals surface area contributed by atoms with E-state index in [2.05, 4.69) is 32.7 Å². The molecule has 0 amide bonds. The second-order valence-electron chi connectivity index (χ2n) is 4.57. The molecule has 0 aliphatic rings. The van der Waals surface area contributed by atoms with Crippen LogP contribution in [0.2, 0.25) is 0 Å². The summed E-state index contributed by atoms with van der Waals surface area (Å²) in [5.41, 5.74) is 1.24. The third-order valence-electron chi connectivity index (χ3n) is 3.03. The van der Waals surface area contributed by atoms with Crippen LogP contribution in [-0.4, -0.2) is 23.1 Å². The minimum Gasteiger partial charge on any atom is -0.508 e. The first-order valence-corrected chi connectivity index (χ1v) is 5.49. The molecule has 1 atom stereocenters. The van der Waals surface area contributed by atoms with Crippen LogP contribution in [0.25, 0.3) is 0 Å². The standard InChI is InChI=1S/C13H21NO/c1-10(2)11(3)14(4)9-12-5-7-13(15)8-6-12/h5-8,10-11,15H,9H2,1-4H3. The Morgan fingerprint density at radius 2 is 1.67 bits per heavy atom. The molecule has 0 aliphatic heterocycles. The third-order valence-corrected chi connectivity index (χ3v) is 3.03.